The molecule has 2 aliphatic carbocycles. The van der Waals surface area contributed by atoms with Crippen molar-refractivity contribution < 1.29 is 19.6 Å². The molecule has 3 aromatic rings. The van der Waals surface area contributed by atoms with Crippen LogP contribution in [0.5, 0.6) is 0 Å². The third-order valence-electron chi connectivity index (χ3n) is 8.51. The van der Waals surface area contributed by atoms with Crippen LogP contribution >= 0.6 is 0 Å². The molecule has 1 aliphatic heterocycles. The second-order valence-corrected chi connectivity index (χ2v) is 11.2. The van der Waals surface area contributed by atoms with Crippen LogP contribution in [0.25, 0.3) is 0 Å². The molecule has 210 valence electrons. The van der Waals surface area contributed by atoms with Crippen molar-refractivity contribution in [2.45, 2.75) is 36.8 Å². The van der Waals surface area contributed by atoms with E-state index in [4.69, 9.17) is 10.9 Å². The van der Waals surface area contributed by atoms with Gasteiger partial charge in [0.25, 0.3) is 5.91 Å². The van der Waals surface area contributed by atoms with Crippen molar-refractivity contribution in [3.8, 4) is 0 Å². The summed E-state index contributed by atoms with van der Waals surface area (Å²) in [5.41, 5.74) is 8.90. The Kier molecular flexibility index (Phi) is 7.17. The highest BCUT2D eigenvalue weighted by Gasteiger charge is 2.48. The summed E-state index contributed by atoms with van der Waals surface area (Å²) < 4.78 is 0. The zero-order valence-corrected chi connectivity index (χ0v) is 22.5. The highest BCUT2D eigenvalue weighted by molar-refractivity contribution is 6.00. The molecule has 6 atom stereocenters. The van der Waals surface area contributed by atoms with Gasteiger partial charge in [0.2, 0.25) is 11.8 Å². The number of amidine groups is 1. The summed E-state index contributed by atoms with van der Waals surface area (Å²) in [6.45, 7) is 0.306. The predicted octanol–water partition coefficient (Wildman–Crippen LogP) is 2.81. The van der Waals surface area contributed by atoms with Gasteiger partial charge in [0.05, 0.1) is 11.8 Å². The van der Waals surface area contributed by atoms with Crippen molar-refractivity contribution >= 4 is 23.6 Å². The maximum absolute atomic E-state index is 13.6. The average Bonchev–Trinajstić information content (AvgIpc) is 3.92. The molecule has 1 saturated heterocycles. The Hall–Kier alpha value is -4.66. The Labute approximate surface area is 238 Å². The van der Waals surface area contributed by atoms with Gasteiger partial charge in [0, 0.05) is 48.1 Å². The minimum Gasteiger partial charge on any atom is -0.409 e. The first kappa shape index (κ1) is 26.6. The molecular formula is C32H33N5O4. The first-order valence-corrected chi connectivity index (χ1v) is 14.0. The number of carbonyl (C=O) groups is 3. The van der Waals surface area contributed by atoms with E-state index in [0.717, 1.165) is 12.8 Å². The van der Waals surface area contributed by atoms with Gasteiger partial charge in [-0.25, -0.2) is 0 Å². The molecule has 41 heavy (non-hydrogen) atoms. The summed E-state index contributed by atoms with van der Waals surface area (Å²) in [7, 11) is 0. The first-order chi connectivity index (χ1) is 19.9. The molecule has 0 radical (unpaired) electrons. The van der Waals surface area contributed by atoms with Gasteiger partial charge >= 0.3 is 0 Å². The Balaban J connectivity index is 1.15. The van der Waals surface area contributed by atoms with Gasteiger partial charge in [0.1, 0.15) is 0 Å². The van der Waals surface area contributed by atoms with E-state index in [0.29, 0.717) is 11.1 Å². The third kappa shape index (κ3) is 5.66. The number of rotatable bonds is 8. The normalized spacial score (nSPS) is 26.7. The van der Waals surface area contributed by atoms with Crippen molar-refractivity contribution in [1.29, 1.82) is 0 Å². The summed E-state index contributed by atoms with van der Waals surface area (Å²) in [6, 6.07) is 26.6. The van der Waals surface area contributed by atoms with Gasteiger partial charge in [-0.1, -0.05) is 78.0 Å². The van der Waals surface area contributed by atoms with Crippen LogP contribution in [0.2, 0.25) is 0 Å². The number of oxime groups is 1. The van der Waals surface area contributed by atoms with Crippen LogP contribution in [0.4, 0.5) is 0 Å². The number of hydrogen-bond donors (Lipinski definition) is 4. The first-order valence-electron chi connectivity index (χ1n) is 14.0. The van der Waals surface area contributed by atoms with Gasteiger partial charge in [-0.05, 0) is 36.1 Å². The lowest BCUT2D eigenvalue weighted by molar-refractivity contribution is -0.133. The van der Waals surface area contributed by atoms with Gasteiger partial charge in [-0.15, -0.1) is 0 Å². The zero-order chi connectivity index (χ0) is 28.5. The Morgan fingerprint density at radius 3 is 1.59 bits per heavy atom. The molecule has 0 bridgehead atoms. The van der Waals surface area contributed by atoms with Crippen molar-refractivity contribution in [2.75, 3.05) is 13.1 Å². The molecule has 2 saturated carbocycles. The highest BCUT2D eigenvalue weighted by atomic mass is 16.4. The molecule has 3 aliphatic rings. The van der Waals surface area contributed by atoms with Gasteiger partial charge in [0.15, 0.2) is 5.84 Å². The number of nitrogens with zero attached hydrogens (tertiary/aromatic N) is 2. The van der Waals surface area contributed by atoms with Crippen LogP contribution in [0, 0.1) is 11.8 Å². The van der Waals surface area contributed by atoms with E-state index in [1.807, 2.05) is 36.4 Å². The number of benzene rings is 3. The fraction of sp³-hybridized carbons (Fsp3) is 0.312. The van der Waals surface area contributed by atoms with E-state index in [2.05, 4.69) is 40.1 Å². The van der Waals surface area contributed by atoms with E-state index >= 15 is 0 Å². The molecule has 9 nitrogen and oxygen atoms in total. The maximum atomic E-state index is 13.6. The quantitative estimate of drug-likeness (QED) is 0.148. The van der Waals surface area contributed by atoms with Crippen LogP contribution in [-0.4, -0.2) is 58.8 Å². The van der Waals surface area contributed by atoms with Crippen molar-refractivity contribution in [3.63, 3.8) is 0 Å². The largest absolute Gasteiger partial charge is 0.409 e. The second kappa shape index (κ2) is 11.1. The molecule has 0 unspecified atom stereocenters. The Morgan fingerprint density at radius 2 is 1.15 bits per heavy atom. The molecule has 9 heteroatoms. The molecule has 3 amide bonds. The molecule has 3 fully saturated rings. The summed E-state index contributed by atoms with van der Waals surface area (Å²) in [4.78, 5) is 42.1. The molecule has 1 heterocycles. The summed E-state index contributed by atoms with van der Waals surface area (Å²) in [6.07, 6.45) is 1.71. The van der Waals surface area contributed by atoms with Crippen molar-refractivity contribution in [1.82, 2.24) is 15.5 Å². The van der Waals surface area contributed by atoms with Crippen LogP contribution in [0.15, 0.2) is 90.1 Å². The van der Waals surface area contributed by atoms with Crippen LogP contribution in [0.1, 0.15) is 51.7 Å². The molecule has 0 spiro atoms. The van der Waals surface area contributed by atoms with E-state index < -0.39 is 11.8 Å². The van der Waals surface area contributed by atoms with Crippen molar-refractivity contribution in [2.24, 2.45) is 22.7 Å². The number of nitrogens with one attached hydrogen (secondary N) is 2. The Bertz CT molecular complexity index is 1380. The summed E-state index contributed by atoms with van der Waals surface area (Å²) >= 11 is 0. The zero-order valence-electron chi connectivity index (χ0n) is 22.5. The SMILES string of the molecule is NC(=NO)c1ccc(C(=O)N2C[C@@H](C(=O)N[C@H]3C[C@@H]3c3ccccc3)[C@H](C(=O)N[C@H]3C[C@@H]3c3ccccc3)C2)cc1. The number of carbonyl (C=O) groups excluding carboxylic acids is 3. The highest BCUT2D eigenvalue weighted by Crippen LogP contribution is 2.42. The molecule has 0 aromatic heterocycles. The molecular weight excluding hydrogens is 518 g/mol. The average molecular weight is 552 g/mol. The van der Waals surface area contributed by atoms with E-state index in [1.165, 1.54) is 11.1 Å². The topological polar surface area (TPSA) is 137 Å². The lowest BCUT2D eigenvalue weighted by Gasteiger charge is -2.18. The standard InChI is InChI=1S/C32H33N5O4/c33-29(36-41)21-11-13-22(14-12-21)32(40)37-17-25(30(38)34-27-15-23(27)19-7-3-1-4-8-19)26(18-37)31(39)35-28-16-24(28)20-9-5-2-6-10-20/h1-14,23-28,41H,15-18H2,(H2,33,36)(H,34,38)(H,35,39)/t23-,24-,25-,26-,27+,28+/m1/s1. The number of amides is 3. The minimum atomic E-state index is -0.652. The second-order valence-electron chi connectivity index (χ2n) is 11.2. The molecule has 5 N–H and O–H groups in total. The monoisotopic (exact) mass is 551 g/mol. The summed E-state index contributed by atoms with van der Waals surface area (Å²) in [5.74, 6) is -1.49. The number of likely N-dealkylation sites (tertiary alicyclic amines) is 1. The lowest BCUT2D eigenvalue weighted by Crippen LogP contribution is -2.43. The fourth-order valence-corrected chi connectivity index (χ4v) is 5.95. The third-order valence-corrected chi connectivity index (χ3v) is 8.51. The predicted molar refractivity (Wildman–Crippen MR) is 153 cm³/mol. The van der Waals surface area contributed by atoms with Crippen LogP contribution in [0.3, 0.4) is 0 Å². The van der Waals surface area contributed by atoms with Gasteiger partial charge in [-0.3, -0.25) is 14.4 Å². The van der Waals surface area contributed by atoms with Crippen LogP contribution < -0.4 is 16.4 Å². The van der Waals surface area contributed by atoms with E-state index in [9.17, 15) is 14.4 Å². The van der Waals surface area contributed by atoms with Gasteiger partial charge in [-0.2, -0.15) is 0 Å². The number of nitrogens with two attached hydrogens (primary N) is 1. The smallest absolute Gasteiger partial charge is 0.253 e. The molecule has 6 rings (SSSR count). The van der Waals surface area contributed by atoms with Crippen molar-refractivity contribution in [3.05, 3.63) is 107 Å². The van der Waals surface area contributed by atoms with E-state index in [-0.39, 0.29) is 60.6 Å². The Morgan fingerprint density at radius 1 is 0.707 bits per heavy atom. The van der Waals surface area contributed by atoms with Gasteiger partial charge < -0.3 is 26.5 Å². The number of hydrogen-bond acceptors (Lipinski definition) is 5. The molecule has 3 aromatic carbocycles. The summed E-state index contributed by atoms with van der Waals surface area (Å²) in [5, 5.41) is 18.2. The lowest BCUT2D eigenvalue weighted by atomic mass is 9.94. The van der Waals surface area contributed by atoms with E-state index in [1.54, 1.807) is 29.2 Å². The fourth-order valence-electron chi connectivity index (χ4n) is 5.95. The van der Waals surface area contributed by atoms with Crippen LogP contribution in [-0.2, 0) is 9.59 Å². The minimum absolute atomic E-state index is 0.0236. The maximum Gasteiger partial charge on any atom is 0.253 e.